The number of nitrogens with two attached hydrogens (primary N) is 1. The van der Waals surface area contributed by atoms with Crippen LogP contribution in [0.15, 0.2) is 24.3 Å². The van der Waals surface area contributed by atoms with E-state index < -0.39 is 0 Å². The third-order valence-electron chi connectivity index (χ3n) is 4.91. The van der Waals surface area contributed by atoms with Crippen molar-refractivity contribution in [2.24, 2.45) is 5.73 Å². The number of aryl methyl sites for hydroxylation is 1. The van der Waals surface area contributed by atoms with Gasteiger partial charge in [0.1, 0.15) is 0 Å². The number of nitrogens with zero attached hydrogens (tertiary/aromatic N) is 2. The molecule has 1 aliphatic heterocycles. The number of piperidine rings is 1. The van der Waals surface area contributed by atoms with Crippen LogP contribution >= 0.6 is 0 Å². The lowest BCUT2D eigenvalue weighted by Crippen LogP contribution is -2.59. The van der Waals surface area contributed by atoms with Gasteiger partial charge in [0, 0.05) is 31.9 Å². The molecule has 0 atom stereocenters. The molecule has 0 spiro atoms. The van der Waals surface area contributed by atoms with Crippen molar-refractivity contribution in [2.75, 3.05) is 37.6 Å². The highest BCUT2D eigenvalue weighted by molar-refractivity contribution is 5.51. The first kappa shape index (κ1) is 16.3. The van der Waals surface area contributed by atoms with E-state index >= 15 is 0 Å². The second-order valence-corrected chi connectivity index (χ2v) is 6.35. The Morgan fingerprint density at radius 2 is 1.95 bits per heavy atom. The van der Waals surface area contributed by atoms with Gasteiger partial charge in [0.2, 0.25) is 0 Å². The summed E-state index contributed by atoms with van der Waals surface area (Å²) in [5.74, 6) is 0. The summed E-state index contributed by atoms with van der Waals surface area (Å²) in [6.45, 7) is 12.0. The summed E-state index contributed by atoms with van der Waals surface area (Å²) in [5.41, 5.74) is 9.03. The number of likely N-dealkylation sites (N-methyl/N-ethyl adjacent to an activating group) is 1. The maximum Gasteiger partial charge on any atom is 0.0548 e. The van der Waals surface area contributed by atoms with Gasteiger partial charge in [0.25, 0.3) is 0 Å². The van der Waals surface area contributed by atoms with Crippen LogP contribution in [0.3, 0.4) is 0 Å². The summed E-state index contributed by atoms with van der Waals surface area (Å²) >= 11 is 0. The number of benzene rings is 1. The van der Waals surface area contributed by atoms with E-state index in [1.807, 2.05) is 0 Å². The molecule has 0 unspecified atom stereocenters. The van der Waals surface area contributed by atoms with Crippen LogP contribution in [0.4, 0.5) is 5.69 Å². The smallest absolute Gasteiger partial charge is 0.0548 e. The average molecular weight is 289 g/mol. The Labute approximate surface area is 130 Å². The van der Waals surface area contributed by atoms with Gasteiger partial charge in [0.05, 0.1) is 5.54 Å². The van der Waals surface area contributed by atoms with Crippen LogP contribution < -0.4 is 10.6 Å². The highest BCUT2D eigenvalue weighted by Crippen LogP contribution is 2.33. The molecular weight excluding hydrogens is 258 g/mol. The molecule has 2 rings (SSSR count). The van der Waals surface area contributed by atoms with Crippen LogP contribution in [-0.4, -0.2) is 43.2 Å². The Kier molecular flexibility index (Phi) is 5.65. The van der Waals surface area contributed by atoms with E-state index in [-0.39, 0.29) is 5.54 Å². The summed E-state index contributed by atoms with van der Waals surface area (Å²) in [7, 11) is 0. The molecule has 0 aromatic heterocycles. The summed E-state index contributed by atoms with van der Waals surface area (Å²) in [6, 6.07) is 8.84. The SMILES string of the molecule is CCCN1CCC(CN)(N(CC)c2cccc(C)c2)CC1. The van der Waals surface area contributed by atoms with Crippen molar-refractivity contribution in [3.8, 4) is 0 Å². The average Bonchev–Trinajstić information content (AvgIpc) is 2.50. The van der Waals surface area contributed by atoms with Gasteiger partial charge in [-0.15, -0.1) is 0 Å². The van der Waals surface area contributed by atoms with E-state index in [4.69, 9.17) is 5.73 Å². The van der Waals surface area contributed by atoms with Gasteiger partial charge in [0.15, 0.2) is 0 Å². The van der Waals surface area contributed by atoms with Crippen molar-refractivity contribution in [1.82, 2.24) is 4.90 Å². The Morgan fingerprint density at radius 3 is 2.48 bits per heavy atom. The van der Waals surface area contributed by atoms with Gasteiger partial charge < -0.3 is 15.5 Å². The van der Waals surface area contributed by atoms with Crippen LogP contribution in [0.2, 0.25) is 0 Å². The molecule has 0 saturated carbocycles. The molecule has 0 aliphatic carbocycles. The van der Waals surface area contributed by atoms with Crippen molar-refractivity contribution in [3.63, 3.8) is 0 Å². The summed E-state index contributed by atoms with van der Waals surface area (Å²) in [5, 5.41) is 0. The number of hydrogen-bond acceptors (Lipinski definition) is 3. The zero-order valence-corrected chi connectivity index (χ0v) is 13.9. The molecular formula is C18H31N3. The lowest BCUT2D eigenvalue weighted by molar-refractivity contribution is 0.159. The molecule has 118 valence electrons. The summed E-state index contributed by atoms with van der Waals surface area (Å²) < 4.78 is 0. The van der Waals surface area contributed by atoms with Gasteiger partial charge in [-0.2, -0.15) is 0 Å². The fourth-order valence-corrected chi connectivity index (χ4v) is 3.68. The van der Waals surface area contributed by atoms with Gasteiger partial charge in [-0.05, 0) is 57.4 Å². The Hall–Kier alpha value is -1.06. The van der Waals surface area contributed by atoms with Gasteiger partial charge in [-0.3, -0.25) is 0 Å². The van der Waals surface area contributed by atoms with Gasteiger partial charge in [-0.25, -0.2) is 0 Å². The number of anilines is 1. The van der Waals surface area contributed by atoms with Crippen LogP contribution in [0, 0.1) is 6.92 Å². The van der Waals surface area contributed by atoms with Crippen molar-refractivity contribution in [2.45, 2.75) is 45.6 Å². The summed E-state index contributed by atoms with van der Waals surface area (Å²) in [6.07, 6.45) is 3.58. The molecule has 0 radical (unpaired) electrons. The minimum Gasteiger partial charge on any atom is -0.365 e. The quantitative estimate of drug-likeness (QED) is 0.874. The molecule has 1 heterocycles. The molecule has 2 N–H and O–H groups in total. The molecule has 1 aromatic rings. The standard InChI is InChI=1S/C18H31N3/c1-4-11-20-12-9-18(15-19,10-13-20)21(5-2)17-8-6-7-16(3)14-17/h6-8,14H,4-5,9-13,15,19H2,1-3H3. The third-order valence-corrected chi connectivity index (χ3v) is 4.91. The van der Waals surface area contributed by atoms with Crippen molar-refractivity contribution in [3.05, 3.63) is 29.8 Å². The zero-order chi connectivity index (χ0) is 15.3. The minimum absolute atomic E-state index is 0.132. The van der Waals surface area contributed by atoms with Crippen molar-refractivity contribution < 1.29 is 0 Å². The van der Waals surface area contributed by atoms with E-state index in [9.17, 15) is 0 Å². The molecule has 3 heteroatoms. The molecule has 3 nitrogen and oxygen atoms in total. The third kappa shape index (κ3) is 3.58. The van der Waals surface area contributed by atoms with E-state index in [2.05, 4.69) is 54.8 Å². The van der Waals surface area contributed by atoms with Gasteiger partial charge >= 0.3 is 0 Å². The lowest BCUT2D eigenvalue weighted by atomic mass is 9.85. The number of likely N-dealkylation sites (tertiary alicyclic amines) is 1. The predicted molar refractivity (Wildman–Crippen MR) is 91.9 cm³/mol. The van der Waals surface area contributed by atoms with Crippen LogP contribution in [-0.2, 0) is 0 Å². The number of hydrogen-bond donors (Lipinski definition) is 1. The molecule has 1 aliphatic rings. The second-order valence-electron chi connectivity index (χ2n) is 6.35. The Balaban J connectivity index is 2.18. The van der Waals surface area contributed by atoms with Crippen LogP contribution in [0.25, 0.3) is 0 Å². The van der Waals surface area contributed by atoms with E-state index in [0.29, 0.717) is 0 Å². The van der Waals surface area contributed by atoms with E-state index in [1.54, 1.807) is 0 Å². The largest absolute Gasteiger partial charge is 0.365 e. The second kappa shape index (κ2) is 7.28. The topological polar surface area (TPSA) is 32.5 Å². The first-order valence-corrected chi connectivity index (χ1v) is 8.42. The van der Waals surface area contributed by atoms with Gasteiger partial charge in [-0.1, -0.05) is 19.1 Å². The molecule has 1 saturated heterocycles. The molecule has 21 heavy (non-hydrogen) atoms. The first-order chi connectivity index (χ1) is 10.1. The highest BCUT2D eigenvalue weighted by Gasteiger charge is 2.38. The molecule has 1 aromatic carbocycles. The summed E-state index contributed by atoms with van der Waals surface area (Å²) in [4.78, 5) is 5.13. The fourth-order valence-electron chi connectivity index (χ4n) is 3.68. The fraction of sp³-hybridized carbons (Fsp3) is 0.667. The van der Waals surface area contributed by atoms with Crippen LogP contribution in [0.1, 0.15) is 38.7 Å². The monoisotopic (exact) mass is 289 g/mol. The zero-order valence-electron chi connectivity index (χ0n) is 13.9. The number of rotatable bonds is 6. The first-order valence-electron chi connectivity index (χ1n) is 8.42. The highest BCUT2D eigenvalue weighted by atomic mass is 15.2. The maximum absolute atomic E-state index is 6.25. The molecule has 1 fully saturated rings. The maximum atomic E-state index is 6.25. The molecule has 0 bridgehead atoms. The van der Waals surface area contributed by atoms with Crippen LogP contribution in [0.5, 0.6) is 0 Å². The molecule has 0 amide bonds. The van der Waals surface area contributed by atoms with E-state index in [1.165, 1.54) is 50.1 Å². The predicted octanol–water partition coefficient (Wildman–Crippen LogP) is 3.02. The lowest BCUT2D eigenvalue weighted by Gasteiger charge is -2.49. The van der Waals surface area contributed by atoms with Crippen molar-refractivity contribution in [1.29, 1.82) is 0 Å². The minimum atomic E-state index is 0.132. The normalized spacial score (nSPS) is 18.7. The Morgan fingerprint density at radius 1 is 1.24 bits per heavy atom. The Bertz CT molecular complexity index is 436. The van der Waals surface area contributed by atoms with E-state index in [0.717, 1.165) is 13.1 Å². The van der Waals surface area contributed by atoms with Crippen molar-refractivity contribution >= 4 is 5.69 Å².